The number of hydrogen-bond donors (Lipinski definition) is 1. The zero-order chi connectivity index (χ0) is 16.7. The third-order valence-corrected chi connectivity index (χ3v) is 4.41. The summed E-state index contributed by atoms with van der Waals surface area (Å²) >= 11 is 0. The van der Waals surface area contributed by atoms with Gasteiger partial charge in [-0.05, 0) is 30.5 Å². The molecule has 0 spiro atoms. The first-order valence-electron chi connectivity index (χ1n) is 8.15. The van der Waals surface area contributed by atoms with Crippen molar-refractivity contribution < 1.29 is 19.1 Å². The molecule has 1 N–H and O–H groups in total. The van der Waals surface area contributed by atoms with Crippen LogP contribution in [0, 0.1) is 5.92 Å². The third kappa shape index (κ3) is 4.98. The van der Waals surface area contributed by atoms with Crippen molar-refractivity contribution >= 4 is 11.9 Å². The molecule has 1 amide bonds. The minimum atomic E-state index is -0.372. The molecule has 1 unspecified atom stereocenters. The molecule has 0 heterocycles. The predicted molar refractivity (Wildman–Crippen MR) is 87.1 cm³/mol. The number of benzene rings is 1. The Morgan fingerprint density at radius 3 is 2.35 bits per heavy atom. The summed E-state index contributed by atoms with van der Waals surface area (Å²) in [5.41, 5.74) is 0.875. The van der Waals surface area contributed by atoms with E-state index in [1.165, 1.54) is 13.5 Å². The molecule has 0 saturated heterocycles. The van der Waals surface area contributed by atoms with Crippen molar-refractivity contribution in [2.24, 2.45) is 5.92 Å². The minimum absolute atomic E-state index is 0.0365. The van der Waals surface area contributed by atoms with Gasteiger partial charge >= 0.3 is 5.97 Å². The van der Waals surface area contributed by atoms with Gasteiger partial charge in [0.25, 0.3) is 0 Å². The van der Waals surface area contributed by atoms with E-state index in [-0.39, 0.29) is 30.3 Å². The largest absolute Gasteiger partial charge is 0.497 e. The first-order valence-corrected chi connectivity index (χ1v) is 8.15. The molecule has 126 valence electrons. The summed E-state index contributed by atoms with van der Waals surface area (Å²) in [5.74, 6) is 0.496. The number of hydrogen-bond acceptors (Lipinski definition) is 4. The van der Waals surface area contributed by atoms with Crippen LogP contribution in [-0.4, -0.2) is 26.1 Å². The molecule has 0 radical (unpaired) electrons. The van der Waals surface area contributed by atoms with Gasteiger partial charge in [-0.3, -0.25) is 9.59 Å². The van der Waals surface area contributed by atoms with Crippen molar-refractivity contribution in [3.05, 3.63) is 29.8 Å². The van der Waals surface area contributed by atoms with Crippen LogP contribution in [0.2, 0.25) is 0 Å². The van der Waals surface area contributed by atoms with Gasteiger partial charge in [-0.1, -0.05) is 31.4 Å². The standard InChI is InChI=1S/C18H25NO4/c1-22-15-10-8-13(9-11-15)16(12-17(20)23-2)19-18(21)14-6-4-3-5-7-14/h8-11,14,16H,3-7,12H2,1-2H3,(H,19,21). The van der Waals surface area contributed by atoms with E-state index in [2.05, 4.69) is 5.32 Å². The van der Waals surface area contributed by atoms with E-state index < -0.39 is 0 Å². The lowest BCUT2D eigenvalue weighted by atomic mass is 9.88. The summed E-state index contributed by atoms with van der Waals surface area (Å²) in [6.45, 7) is 0. The molecular formula is C18H25NO4. The Labute approximate surface area is 137 Å². The molecule has 0 bridgehead atoms. The molecule has 1 aliphatic carbocycles. The van der Waals surface area contributed by atoms with Gasteiger partial charge in [-0.25, -0.2) is 0 Å². The molecule has 23 heavy (non-hydrogen) atoms. The van der Waals surface area contributed by atoms with E-state index in [4.69, 9.17) is 9.47 Å². The Morgan fingerprint density at radius 2 is 1.78 bits per heavy atom. The second kappa shape index (κ2) is 8.56. The lowest BCUT2D eigenvalue weighted by Gasteiger charge is -2.25. The molecule has 0 aliphatic heterocycles. The van der Waals surface area contributed by atoms with E-state index in [9.17, 15) is 9.59 Å². The van der Waals surface area contributed by atoms with Gasteiger partial charge in [0, 0.05) is 5.92 Å². The summed E-state index contributed by atoms with van der Waals surface area (Å²) in [6, 6.07) is 7.02. The normalized spacial score (nSPS) is 16.4. The number of carbonyl (C=O) groups excluding carboxylic acids is 2. The summed E-state index contributed by atoms with van der Waals surface area (Å²) in [7, 11) is 2.96. The number of carbonyl (C=O) groups is 2. The fraction of sp³-hybridized carbons (Fsp3) is 0.556. The van der Waals surface area contributed by atoms with Crippen molar-refractivity contribution in [2.75, 3.05) is 14.2 Å². The number of rotatable bonds is 6. The fourth-order valence-corrected chi connectivity index (χ4v) is 2.99. The van der Waals surface area contributed by atoms with Crippen LogP contribution in [-0.2, 0) is 14.3 Å². The predicted octanol–water partition coefficient (Wildman–Crippen LogP) is 3.00. The maximum Gasteiger partial charge on any atom is 0.307 e. The molecule has 5 heteroatoms. The lowest BCUT2D eigenvalue weighted by Crippen LogP contribution is -2.36. The SMILES string of the molecule is COC(=O)CC(NC(=O)C1CCCCC1)c1ccc(OC)cc1. The number of esters is 1. The Kier molecular flexibility index (Phi) is 6.44. The van der Waals surface area contributed by atoms with Gasteiger partial charge in [0.05, 0.1) is 26.7 Å². The molecule has 5 nitrogen and oxygen atoms in total. The number of amides is 1. The fourth-order valence-electron chi connectivity index (χ4n) is 2.99. The topological polar surface area (TPSA) is 64.6 Å². The third-order valence-electron chi connectivity index (χ3n) is 4.41. The van der Waals surface area contributed by atoms with E-state index in [0.717, 1.165) is 37.0 Å². The zero-order valence-electron chi connectivity index (χ0n) is 13.8. The van der Waals surface area contributed by atoms with Crippen LogP contribution in [0.5, 0.6) is 5.75 Å². The van der Waals surface area contributed by atoms with Gasteiger partial charge in [0.15, 0.2) is 0 Å². The zero-order valence-corrected chi connectivity index (χ0v) is 13.8. The average Bonchev–Trinajstić information content (AvgIpc) is 2.61. The molecule has 0 aromatic heterocycles. The molecule has 1 aromatic carbocycles. The monoisotopic (exact) mass is 319 g/mol. The van der Waals surface area contributed by atoms with Crippen molar-refractivity contribution in [1.82, 2.24) is 5.32 Å². The van der Waals surface area contributed by atoms with Gasteiger partial charge in [0.1, 0.15) is 5.75 Å². The van der Waals surface area contributed by atoms with Crippen molar-refractivity contribution in [3.63, 3.8) is 0 Å². The van der Waals surface area contributed by atoms with E-state index in [0.29, 0.717) is 0 Å². The van der Waals surface area contributed by atoms with Crippen LogP contribution in [0.15, 0.2) is 24.3 Å². The molecular weight excluding hydrogens is 294 g/mol. The average molecular weight is 319 g/mol. The highest BCUT2D eigenvalue weighted by atomic mass is 16.5. The van der Waals surface area contributed by atoms with Crippen LogP contribution in [0.25, 0.3) is 0 Å². The van der Waals surface area contributed by atoms with Gasteiger partial charge < -0.3 is 14.8 Å². The summed E-state index contributed by atoms with van der Waals surface area (Å²) < 4.78 is 9.91. The number of nitrogens with one attached hydrogen (secondary N) is 1. The molecule has 1 aliphatic rings. The van der Waals surface area contributed by atoms with Crippen molar-refractivity contribution in [2.45, 2.75) is 44.6 Å². The summed E-state index contributed by atoms with van der Waals surface area (Å²) in [6.07, 6.45) is 5.39. The smallest absolute Gasteiger partial charge is 0.307 e. The first kappa shape index (κ1) is 17.3. The molecule has 1 aromatic rings. The van der Waals surface area contributed by atoms with Crippen molar-refractivity contribution in [3.8, 4) is 5.75 Å². The highest BCUT2D eigenvalue weighted by molar-refractivity contribution is 5.80. The van der Waals surface area contributed by atoms with Crippen LogP contribution in [0.4, 0.5) is 0 Å². The Hall–Kier alpha value is -2.04. The second-order valence-electron chi connectivity index (χ2n) is 5.95. The highest BCUT2D eigenvalue weighted by Crippen LogP contribution is 2.26. The van der Waals surface area contributed by atoms with Gasteiger partial charge in [-0.15, -0.1) is 0 Å². The van der Waals surface area contributed by atoms with Gasteiger partial charge in [-0.2, -0.15) is 0 Å². The summed E-state index contributed by atoms with van der Waals surface area (Å²) in [5, 5.41) is 3.03. The minimum Gasteiger partial charge on any atom is -0.497 e. The van der Waals surface area contributed by atoms with Crippen LogP contribution in [0.1, 0.15) is 50.1 Å². The molecule has 1 atom stereocenters. The summed E-state index contributed by atoms with van der Waals surface area (Å²) in [4.78, 5) is 24.2. The number of methoxy groups -OCH3 is 2. The van der Waals surface area contributed by atoms with Crippen LogP contribution in [0.3, 0.4) is 0 Å². The van der Waals surface area contributed by atoms with Crippen LogP contribution < -0.4 is 10.1 Å². The number of ether oxygens (including phenoxy) is 2. The maximum absolute atomic E-state index is 12.5. The second-order valence-corrected chi connectivity index (χ2v) is 5.95. The van der Waals surface area contributed by atoms with Crippen LogP contribution >= 0.6 is 0 Å². The van der Waals surface area contributed by atoms with Gasteiger partial charge in [0.2, 0.25) is 5.91 Å². The lowest BCUT2D eigenvalue weighted by molar-refractivity contribution is -0.141. The van der Waals surface area contributed by atoms with E-state index in [1.807, 2.05) is 24.3 Å². The van der Waals surface area contributed by atoms with E-state index >= 15 is 0 Å². The quantitative estimate of drug-likeness (QED) is 0.819. The molecule has 2 rings (SSSR count). The Bertz CT molecular complexity index is 520. The maximum atomic E-state index is 12.5. The molecule has 1 fully saturated rings. The first-order chi connectivity index (χ1) is 11.1. The Morgan fingerprint density at radius 1 is 1.13 bits per heavy atom. The van der Waals surface area contributed by atoms with E-state index in [1.54, 1.807) is 7.11 Å². The van der Waals surface area contributed by atoms with Crippen molar-refractivity contribution in [1.29, 1.82) is 0 Å². The molecule has 1 saturated carbocycles. The highest BCUT2D eigenvalue weighted by Gasteiger charge is 2.25. The Balaban J connectivity index is 2.08.